The van der Waals surface area contributed by atoms with Crippen molar-refractivity contribution in [2.45, 2.75) is 6.61 Å². The molecule has 2 heterocycles. The molecule has 136 valence electrons. The summed E-state index contributed by atoms with van der Waals surface area (Å²) in [6.07, 6.45) is 10.9. The van der Waals surface area contributed by atoms with Crippen LogP contribution in [0.25, 0.3) is 6.08 Å². The molecule has 0 saturated heterocycles. The lowest BCUT2D eigenvalue weighted by Crippen LogP contribution is -2.26. The van der Waals surface area contributed by atoms with Crippen molar-refractivity contribution in [1.29, 1.82) is 0 Å². The second-order valence-electron chi connectivity index (χ2n) is 5.93. The Hall–Kier alpha value is -3.47. The van der Waals surface area contributed by atoms with Gasteiger partial charge in [0.25, 0.3) is 5.91 Å². The van der Waals surface area contributed by atoms with Crippen LogP contribution in [0.15, 0.2) is 78.0 Å². The number of pyridine rings is 1. The first kappa shape index (κ1) is 18.3. The predicted molar refractivity (Wildman–Crippen MR) is 108 cm³/mol. The Balaban J connectivity index is 1.62. The van der Waals surface area contributed by atoms with Crippen molar-refractivity contribution in [3.8, 4) is 5.88 Å². The maximum atomic E-state index is 12.6. The van der Waals surface area contributed by atoms with Gasteiger partial charge in [-0.15, -0.1) is 0 Å². The van der Waals surface area contributed by atoms with Gasteiger partial charge in [0.05, 0.1) is 6.54 Å². The average Bonchev–Trinajstić information content (AvgIpc) is 3.00. The van der Waals surface area contributed by atoms with Crippen molar-refractivity contribution >= 4 is 18.2 Å². The zero-order valence-electron chi connectivity index (χ0n) is 15.0. The van der Waals surface area contributed by atoms with Gasteiger partial charge in [-0.2, -0.15) is 0 Å². The second-order valence-corrected chi connectivity index (χ2v) is 5.93. The zero-order valence-corrected chi connectivity index (χ0v) is 15.0. The van der Waals surface area contributed by atoms with Gasteiger partial charge in [0.15, 0.2) is 0 Å². The summed E-state index contributed by atoms with van der Waals surface area (Å²) < 4.78 is 5.78. The molecule has 1 aliphatic heterocycles. The van der Waals surface area contributed by atoms with Gasteiger partial charge in [0, 0.05) is 19.0 Å². The van der Waals surface area contributed by atoms with Crippen LogP contribution >= 0.6 is 0 Å². The van der Waals surface area contributed by atoms with E-state index in [0.717, 1.165) is 16.7 Å². The lowest BCUT2D eigenvalue weighted by atomic mass is 10.1. The number of aromatic nitrogens is 1. The number of amides is 1. The third kappa shape index (κ3) is 5.25. The van der Waals surface area contributed by atoms with Crippen molar-refractivity contribution < 1.29 is 9.53 Å². The quantitative estimate of drug-likeness (QED) is 0.821. The molecule has 0 fully saturated rings. The monoisotopic (exact) mass is 359 g/mol. The van der Waals surface area contributed by atoms with E-state index in [1.807, 2.05) is 42.5 Å². The van der Waals surface area contributed by atoms with Crippen LogP contribution in [-0.4, -0.2) is 30.2 Å². The third-order valence-corrected chi connectivity index (χ3v) is 4.02. The maximum absolute atomic E-state index is 12.6. The molecule has 0 saturated carbocycles. The highest BCUT2D eigenvalue weighted by Gasteiger charge is 2.13. The molecule has 1 aromatic heterocycles. The first-order valence-corrected chi connectivity index (χ1v) is 8.69. The summed E-state index contributed by atoms with van der Waals surface area (Å²) in [6.45, 7) is 5.12. The summed E-state index contributed by atoms with van der Waals surface area (Å²) in [5.74, 6) is 0.0936. The molecular weight excluding hydrogens is 338 g/mol. The van der Waals surface area contributed by atoms with Gasteiger partial charge in [0.2, 0.25) is 5.88 Å². The average molecular weight is 359 g/mol. The Labute approximate surface area is 158 Å². The van der Waals surface area contributed by atoms with Gasteiger partial charge in [-0.3, -0.25) is 9.79 Å². The van der Waals surface area contributed by atoms with Gasteiger partial charge in [0.1, 0.15) is 12.2 Å². The van der Waals surface area contributed by atoms with Crippen LogP contribution in [0.4, 0.5) is 0 Å². The fraction of sp³-hybridized carbons (Fsp3) is 0.136. The van der Waals surface area contributed by atoms with Crippen molar-refractivity contribution in [3.05, 3.63) is 89.7 Å². The molecule has 27 heavy (non-hydrogen) atoms. The Morgan fingerprint density at radius 2 is 2.11 bits per heavy atom. The first-order valence-electron chi connectivity index (χ1n) is 8.69. The van der Waals surface area contributed by atoms with E-state index in [-0.39, 0.29) is 5.91 Å². The number of aliphatic imine (C=N–C) groups is 1. The molecule has 3 rings (SSSR count). The molecule has 0 spiro atoms. The molecule has 1 N–H and O–H groups in total. The number of ether oxygens (including phenoxy) is 1. The van der Waals surface area contributed by atoms with Crippen molar-refractivity contribution in [2.24, 2.45) is 4.99 Å². The maximum Gasteiger partial charge on any atom is 0.257 e. The van der Waals surface area contributed by atoms with Gasteiger partial charge in [-0.1, -0.05) is 49.1 Å². The molecule has 1 amide bonds. The summed E-state index contributed by atoms with van der Waals surface area (Å²) in [5, 5.41) is 2.90. The van der Waals surface area contributed by atoms with E-state index in [4.69, 9.17) is 4.74 Å². The van der Waals surface area contributed by atoms with Crippen LogP contribution in [0.3, 0.4) is 0 Å². The van der Waals surface area contributed by atoms with Crippen LogP contribution in [0.1, 0.15) is 21.5 Å². The number of carbonyl (C=O) groups excluding carboxylic acids is 1. The van der Waals surface area contributed by atoms with E-state index < -0.39 is 0 Å². The molecule has 0 atom stereocenters. The standard InChI is InChI=1S/C22H21N3O2/c1-2-17-7-9-19(10-8-17)16-27-22-20(6-4-13-24-22)21(26)25-15-18-5-3-12-23-14-11-18/h2-13H,1,14-16H2,(H,25,26). The third-order valence-electron chi connectivity index (χ3n) is 4.02. The van der Waals surface area contributed by atoms with Crippen LogP contribution < -0.4 is 10.1 Å². The Bertz CT molecular complexity index is 896. The molecule has 0 bridgehead atoms. The fourth-order valence-electron chi connectivity index (χ4n) is 2.52. The van der Waals surface area contributed by atoms with Crippen LogP contribution in [-0.2, 0) is 6.61 Å². The first-order chi connectivity index (χ1) is 13.3. The van der Waals surface area contributed by atoms with E-state index in [9.17, 15) is 4.79 Å². The smallest absolute Gasteiger partial charge is 0.257 e. The number of allylic oxidation sites excluding steroid dienone is 1. The topological polar surface area (TPSA) is 63.6 Å². The molecular formula is C22H21N3O2. The summed E-state index contributed by atoms with van der Waals surface area (Å²) in [4.78, 5) is 20.9. The minimum atomic E-state index is -0.223. The number of benzene rings is 1. The minimum Gasteiger partial charge on any atom is -0.472 e. The van der Waals surface area contributed by atoms with Crippen molar-refractivity contribution in [3.63, 3.8) is 0 Å². The lowest BCUT2D eigenvalue weighted by molar-refractivity contribution is 0.0951. The Kier molecular flexibility index (Phi) is 6.30. The normalized spacial score (nSPS) is 12.8. The van der Waals surface area contributed by atoms with Gasteiger partial charge in [-0.05, 0) is 34.9 Å². The second kappa shape index (κ2) is 9.29. The largest absolute Gasteiger partial charge is 0.472 e. The number of nitrogens with one attached hydrogen (secondary N) is 1. The predicted octanol–water partition coefficient (Wildman–Crippen LogP) is 3.60. The highest BCUT2D eigenvalue weighted by Crippen LogP contribution is 2.17. The number of rotatable bonds is 7. The number of hydrogen-bond acceptors (Lipinski definition) is 4. The number of carbonyl (C=O) groups is 1. The van der Waals surface area contributed by atoms with E-state index >= 15 is 0 Å². The van der Waals surface area contributed by atoms with E-state index in [2.05, 4.69) is 21.9 Å². The molecule has 0 unspecified atom stereocenters. The van der Waals surface area contributed by atoms with Crippen LogP contribution in [0.5, 0.6) is 5.88 Å². The summed E-state index contributed by atoms with van der Waals surface area (Å²) >= 11 is 0. The summed E-state index contributed by atoms with van der Waals surface area (Å²) in [7, 11) is 0. The molecule has 1 aromatic carbocycles. The molecule has 5 heteroatoms. The summed E-state index contributed by atoms with van der Waals surface area (Å²) in [6, 6.07) is 11.3. The Morgan fingerprint density at radius 1 is 1.26 bits per heavy atom. The zero-order chi connectivity index (χ0) is 18.9. The SMILES string of the molecule is C=Cc1ccc(COc2ncccc2C(=O)NCC2=CCN=CC=C2)cc1. The van der Waals surface area contributed by atoms with Gasteiger partial charge in [-0.25, -0.2) is 4.98 Å². The lowest BCUT2D eigenvalue weighted by Gasteiger charge is -2.11. The van der Waals surface area contributed by atoms with Crippen LogP contribution in [0, 0.1) is 0 Å². The molecule has 0 aliphatic carbocycles. The van der Waals surface area contributed by atoms with E-state index in [1.165, 1.54) is 0 Å². The van der Waals surface area contributed by atoms with E-state index in [0.29, 0.717) is 31.1 Å². The molecule has 2 aromatic rings. The highest BCUT2D eigenvalue weighted by atomic mass is 16.5. The van der Waals surface area contributed by atoms with Crippen molar-refractivity contribution in [2.75, 3.05) is 13.1 Å². The Morgan fingerprint density at radius 3 is 2.93 bits per heavy atom. The molecule has 5 nitrogen and oxygen atoms in total. The number of hydrogen-bond donors (Lipinski definition) is 1. The van der Waals surface area contributed by atoms with Crippen LogP contribution in [0.2, 0.25) is 0 Å². The summed E-state index contributed by atoms with van der Waals surface area (Å²) in [5.41, 5.74) is 3.46. The van der Waals surface area contributed by atoms with Crippen molar-refractivity contribution in [1.82, 2.24) is 10.3 Å². The molecule has 1 aliphatic rings. The van der Waals surface area contributed by atoms with Gasteiger partial charge < -0.3 is 10.1 Å². The van der Waals surface area contributed by atoms with Gasteiger partial charge >= 0.3 is 0 Å². The molecule has 0 radical (unpaired) electrons. The number of nitrogens with zero attached hydrogens (tertiary/aromatic N) is 2. The van der Waals surface area contributed by atoms with E-state index in [1.54, 1.807) is 30.6 Å². The fourth-order valence-corrected chi connectivity index (χ4v) is 2.52. The highest BCUT2D eigenvalue weighted by molar-refractivity contribution is 5.96. The minimum absolute atomic E-state index is 0.223.